The monoisotopic (exact) mass is 279 g/mol. The van der Waals surface area contributed by atoms with Crippen molar-refractivity contribution in [3.63, 3.8) is 0 Å². The molecule has 110 valence electrons. The van der Waals surface area contributed by atoms with Crippen LogP contribution in [0.2, 0.25) is 0 Å². The quantitative estimate of drug-likeness (QED) is 0.640. The van der Waals surface area contributed by atoms with Crippen LogP contribution >= 0.6 is 0 Å². The molecule has 1 aromatic rings. The number of carbonyl (C=O) groups is 2. The number of anilines is 1. The Morgan fingerprint density at radius 3 is 2.55 bits per heavy atom. The Hall–Kier alpha value is -2.24. The van der Waals surface area contributed by atoms with Crippen molar-refractivity contribution in [2.24, 2.45) is 0 Å². The summed E-state index contributed by atoms with van der Waals surface area (Å²) in [6.07, 6.45) is 0.189. The highest BCUT2D eigenvalue weighted by Crippen LogP contribution is 2.13. The summed E-state index contributed by atoms with van der Waals surface area (Å²) in [6.45, 7) is 4.26. The summed E-state index contributed by atoms with van der Waals surface area (Å²) >= 11 is 0. The molecule has 4 N–H and O–H groups in total. The van der Waals surface area contributed by atoms with Crippen molar-refractivity contribution in [2.75, 3.05) is 18.9 Å². The normalized spacial score (nSPS) is 11.5. The minimum absolute atomic E-state index is 0.189. The Labute approximate surface area is 118 Å². The number of amides is 2. The first-order chi connectivity index (χ1) is 9.52. The van der Waals surface area contributed by atoms with E-state index in [-0.39, 0.29) is 24.8 Å². The highest BCUT2D eigenvalue weighted by atomic mass is 16.5. The summed E-state index contributed by atoms with van der Waals surface area (Å²) in [5.74, 6) is 0.239. The summed E-state index contributed by atoms with van der Waals surface area (Å²) in [5.41, 5.74) is 6.21. The van der Waals surface area contributed by atoms with Gasteiger partial charge in [0.2, 0.25) is 11.8 Å². The summed E-state index contributed by atoms with van der Waals surface area (Å²) in [5, 5.41) is 5.25. The first-order valence-electron chi connectivity index (χ1n) is 6.58. The fraction of sp³-hybridized carbons (Fsp3) is 0.429. The van der Waals surface area contributed by atoms with Crippen molar-refractivity contribution in [1.82, 2.24) is 10.6 Å². The molecule has 0 radical (unpaired) electrons. The van der Waals surface area contributed by atoms with Gasteiger partial charge in [-0.05, 0) is 38.1 Å². The van der Waals surface area contributed by atoms with Gasteiger partial charge in [0.1, 0.15) is 11.8 Å². The van der Waals surface area contributed by atoms with Crippen molar-refractivity contribution in [2.45, 2.75) is 26.3 Å². The second-order valence-electron chi connectivity index (χ2n) is 4.35. The second-order valence-corrected chi connectivity index (χ2v) is 4.35. The SMILES string of the molecule is CCNC(=O)C(C)NC(=O)CCOc1ccc(N)cc1. The van der Waals surface area contributed by atoms with Crippen LogP contribution in [0.25, 0.3) is 0 Å². The third kappa shape index (κ3) is 5.60. The van der Waals surface area contributed by atoms with Crippen LogP contribution in [-0.2, 0) is 9.59 Å². The molecule has 6 nitrogen and oxygen atoms in total. The predicted octanol–water partition coefficient (Wildman–Crippen LogP) is 0.679. The molecule has 1 unspecified atom stereocenters. The van der Waals surface area contributed by atoms with Gasteiger partial charge in [-0.15, -0.1) is 0 Å². The summed E-state index contributed by atoms with van der Waals surface area (Å²) < 4.78 is 5.40. The van der Waals surface area contributed by atoms with Gasteiger partial charge in [-0.1, -0.05) is 0 Å². The van der Waals surface area contributed by atoms with E-state index in [1.807, 2.05) is 6.92 Å². The molecule has 0 aliphatic heterocycles. The molecule has 6 heteroatoms. The van der Waals surface area contributed by atoms with Crippen LogP contribution in [-0.4, -0.2) is 31.0 Å². The van der Waals surface area contributed by atoms with Crippen LogP contribution in [0.1, 0.15) is 20.3 Å². The molecule has 0 saturated carbocycles. The van der Waals surface area contributed by atoms with E-state index in [2.05, 4.69) is 10.6 Å². The average Bonchev–Trinajstić information content (AvgIpc) is 2.41. The van der Waals surface area contributed by atoms with E-state index in [0.29, 0.717) is 18.0 Å². The standard InChI is InChI=1S/C14H21N3O3/c1-3-16-14(19)10(2)17-13(18)8-9-20-12-6-4-11(15)5-7-12/h4-7,10H,3,8-9,15H2,1-2H3,(H,16,19)(H,17,18). The van der Waals surface area contributed by atoms with Crippen molar-refractivity contribution >= 4 is 17.5 Å². The van der Waals surface area contributed by atoms with Gasteiger partial charge in [0.15, 0.2) is 0 Å². The van der Waals surface area contributed by atoms with E-state index >= 15 is 0 Å². The topological polar surface area (TPSA) is 93.5 Å². The third-order valence-electron chi connectivity index (χ3n) is 2.60. The lowest BCUT2D eigenvalue weighted by molar-refractivity contribution is -0.128. The Balaban J connectivity index is 2.26. The molecule has 1 atom stereocenters. The van der Waals surface area contributed by atoms with Crippen LogP contribution in [0.5, 0.6) is 5.75 Å². The van der Waals surface area contributed by atoms with Crippen LogP contribution < -0.4 is 21.1 Å². The van der Waals surface area contributed by atoms with E-state index < -0.39 is 6.04 Å². The molecule has 0 spiro atoms. The highest BCUT2D eigenvalue weighted by Gasteiger charge is 2.14. The Bertz CT molecular complexity index is 445. The van der Waals surface area contributed by atoms with Crippen LogP contribution in [0.3, 0.4) is 0 Å². The van der Waals surface area contributed by atoms with E-state index in [1.165, 1.54) is 0 Å². The lowest BCUT2D eigenvalue weighted by atomic mass is 10.3. The van der Waals surface area contributed by atoms with E-state index in [1.54, 1.807) is 31.2 Å². The Morgan fingerprint density at radius 2 is 1.95 bits per heavy atom. The van der Waals surface area contributed by atoms with Gasteiger partial charge < -0.3 is 21.1 Å². The molecule has 0 saturated heterocycles. The summed E-state index contributed by atoms with van der Waals surface area (Å²) in [4.78, 5) is 23.1. The Morgan fingerprint density at radius 1 is 1.30 bits per heavy atom. The lowest BCUT2D eigenvalue weighted by Gasteiger charge is -2.13. The number of hydrogen-bond acceptors (Lipinski definition) is 4. The second kappa shape index (κ2) is 8.04. The number of carbonyl (C=O) groups excluding carboxylic acids is 2. The van der Waals surface area contributed by atoms with Crippen molar-refractivity contribution in [1.29, 1.82) is 0 Å². The fourth-order valence-electron chi connectivity index (χ4n) is 1.53. The first kappa shape index (κ1) is 15.8. The average molecular weight is 279 g/mol. The molecule has 0 fully saturated rings. The number of rotatable bonds is 7. The van der Waals surface area contributed by atoms with Gasteiger partial charge in [0, 0.05) is 12.2 Å². The molecule has 0 bridgehead atoms. The molecule has 20 heavy (non-hydrogen) atoms. The molecule has 0 aliphatic carbocycles. The molecule has 0 aromatic heterocycles. The fourth-order valence-corrected chi connectivity index (χ4v) is 1.53. The van der Waals surface area contributed by atoms with Gasteiger partial charge in [0.05, 0.1) is 13.0 Å². The van der Waals surface area contributed by atoms with Gasteiger partial charge in [0.25, 0.3) is 0 Å². The van der Waals surface area contributed by atoms with Gasteiger partial charge in [-0.3, -0.25) is 9.59 Å². The zero-order valence-corrected chi connectivity index (χ0v) is 11.8. The summed E-state index contributed by atoms with van der Waals surface area (Å²) in [7, 11) is 0. The first-order valence-corrected chi connectivity index (χ1v) is 6.58. The minimum atomic E-state index is -0.543. The minimum Gasteiger partial charge on any atom is -0.493 e. The lowest BCUT2D eigenvalue weighted by Crippen LogP contribution is -2.45. The highest BCUT2D eigenvalue weighted by molar-refractivity contribution is 5.87. The number of hydrogen-bond donors (Lipinski definition) is 3. The number of nitrogens with two attached hydrogens (primary N) is 1. The van der Waals surface area contributed by atoms with E-state index in [9.17, 15) is 9.59 Å². The molecule has 1 aromatic carbocycles. The van der Waals surface area contributed by atoms with Crippen molar-refractivity contribution in [3.05, 3.63) is 24.3 Å². The van der Waals surface area contributed by atoms with E-state index in [4.69, 9.17) is 10.5 Å². The van der Waals surface area contributed by atoms with Crippen LogP contribution in [0, 0.1) is 0 Å². The maximum atomic E-state index is 11.6. The molecule has 0 aliphatic rings. The predicted molar refractivity (Wildman–Crippen MR) is 77.3 cm³/mol. The van der Waals surface area contributed by atoms with Crippen molar-refractivity contribution in [3.8, 4) is 5.75 Å². The maximum Gasteiger partial charge on any atom is 0.242 e. The molecule has 0 heterocycles. The number of nitrogen functional groups attached to an aromatic ring is 1. The zero-order valence-electron chi connectivity index (χ0n) is 11.8. The van der Waals surface area contributed by atoms with Crippen molar-refractivity contribution < 1.29 is 14.3 Å². The number of likely N-dealkylation sites (N-methyl/N-ethyl adjacent to an activating group) is 1. The van der Waals surface area contributed by atoms with Gasteiger partial charge in [-0.2, -0.15) is 0 Å². The largest absolute Gasteiger partial charge is 0.493 e. The smallest absolute Gasteiger partial charge is 0.242 e. The number of ether oxygens (including phenoxy) is 1. The third-order valence-corrected chi connectivity index (χ3v) is 2.60. The Kier molecular flexibility index (Phi) is 6.36. The molecular formula is C14H21N3O3. The molecular weight excluding hydrogens is 258 g/mol. The molecule has 1 rings (SSSR count). The van der Waals surface area contributed by atoms with E-state index in [0.717, 1.165) is 0 Å². The summed E-state index contributed by atoms with van der Waals surface area (Å²) in [6, 6.07) is 6.40. The van der Waals surface area contributed by atoms with Crippen LogP contribution in [0.4, 0.5) is 5.69 Å². The zero-order chi connectivity index (χ0) is 15.0. The number of benzene rings is 1. The number of nitrogens with one attached hydrogen (secondary N) is 2. The van der Waals surface area contributed by atoms with Gasteiger partial charge >= 0.3 is 0 Å². The maximum absolute atomic E-state index is 11.6. The van der Waals surface area contributed by atoms with Crippen LogP contribution in [0.15, 0.2) is 24.3 Å². The van der Waals surface area contributed by atoms with Gasteiger partial charge in [-0.25, -0.2) is 0 Å². The molecule has 2 amide bonds.